The van der Waals surface area contributed by atoms with Gasteiger partial charge in [0.1, 0.15) is 6.04 Å². The van der Waals surface area contributed by atoms with Crippen LogP contribution in [-0.4, -0.2) is 45.0 Å². The van der Waals surface area contributed by atoms with Crippen molar-refractivity contribution < 1.29 is 27.5 Å². The molecule has 156 valence electrons. The number of urea groups is 1. The van der Waals surface area contributed by atoms with Gasteiger partial charge in [-0.2, -0.15) is 4.72 Å². The van der Waals surface area contributed by atoms with Crippen LogP contribution < -0.4 is 15.4 Å². The lowest BCUT2D eigenvalue weighted by molar-refractivity contribution is -0.157. The van der Waals surface area contributed by atoms with E-state index in [-0.39, 0.29) is 4.90 Å². The minimum absolute atomic E-state index is 0.0719. The summed E-state index contributed by atoms with van der Waals surface area (Å²) in [5.74, 6) is -2.23. The van der Waals surface area contributed by atoms with Crippen LogP contribution in [0.1, 0.15) is 27.7 Å². The first kappa shape index (κ1) is 23.9. The average molecular weight is 434 g/mol. The van der Waals surface area contributed by atoms with Gasteiger partial charge < -0.3 is 10.1 Å². The Hall–Kier alpha value is -2.17. The highest BCUT2D eigenvalue weighted by Crippen LogP contribution is 2.16. The number of rotatable bonds is 8. The van der Waals surface area contributed by atoms with Crippen molar-refractivity contribution in [2.24, 2.45) is 5.92 Å². The molecule has 28 heavy (non-hydrogen) atoms. The zero-order chi connectivity index (χ0) is 21.5. The van der Waals surface area contributed by atoms with Gasteiger partial charge in [-0.1, -0.05) is 25.4 Å². The van der Waals surface area contributed by atoms with E-state index in [1.54, 1.807) is 20.8 Å². The standard InChI is InChI=1S/C17H24ClN3O6S/c1-5-19-17(24)20-15(22)11(4)27-16(23)14(10(2)3)21-28(25,26)13-8-6-12(18)7-9-13/h6-11,14,21H,5H2,1-4H3,(H2,19,20,22,24). The lowest BCUT2D eigenvalue weighted by atomic mass is 10.1. The van der Waals surface area contributed by atoms with Crippen molar-refractivity contribution in [1.82, 2.24) is 15.4 Å². The molecule has 0 radical (unpaired) electrons. The molecule has 2 unspecified atom stereocenters. The predicted octanol–water partition coefficient (Wildman–Crippen LogP) is 1.42. The van der Waals surface area contributed by atoms with Crippen LogP contribution in [0.2, 0.25) is 5.02 Å². The number of sulfonamides is 1. The summed E-state index contributed by atoms with van der Waals surface area (Å²) < 4.78 is 32.3. The molecular formula is C17H24ClN3O6S. The Labute approximate surface area is 169 Å². The number of ether oxygens (including phenoxy) is 1. The van der Waals surface area contributed by atoms with Crippen molar-refractivity contribution in [3.8, 4) is 0 Å². The average Bonchev–Trinajstić information content (AvgIpc) is 2.59. The summed E-state index contributed by atoms with van der Waals surface area (Å²) in [7, 11) is -4.02. The molecule has 0 bridgehead atoms. The Morgan fingerprint density at radius 3 is 2.18 bits per heavy atom. The normalized spacial score (nSPS) is 13.5. The largest absolute Gasteiger partial charge is 0.451 e. The van der Waals surface area contributed by atoms with Crippen LogP contribution in [0, 0.1) is 5.92 Å². The Morgan fingerprint density at radius 2 is 1.68 bits per heavy atom. The maximum Gasteiger partial charge on any atom is 0.325 e. The Balaban J connectivity index is 2.84. The fraction of sp³-hybridized carbons (Fsp3) is 0.471. The second kappa shape index (κ2) is 10.4. The molecule has 0 spiro atoms. The molecule has 11 heteroatoms. The number of imide groups is 1. The van der Waals surface area contributed by atoms with Crippen molar-refractivity contribution in [2.45, 2.75) is 44.7 Å². The molecule has 2 atom stereocenters. The predicted molar refractivity (Wildman–Crippen MR) is 103 cm³/mol. The van der Waals surface area contributed by atoms with Crippen molar-refractivity contribution in [1.29, 1.82) is 0 Å². The molecule has 3 amide bonds. The van der Waals surface area contributed by atoms with E-state index < -0.39 is 46.0 Å². The lowest BCUT2D eigenvalue weighted by Crippen LogP contribution is -2.49. The van der Waals surface area contributed by atoms with Crippen LogP contribution in [0.3, 0.4) is 0 Å². The molecule has 1 aromatic rings. The van der Waals surface area contributed by atoms with E-state index in [1.165, 1.54) is 31.2 Å². The maximum absolute atomic E-state index is 12.5. The van der Waals surface area contributed by atoms with E-state index in [0.717, 1.165) is 0 Å². The third kappa shape index (κ3) is 7.10. The number of esters is 1. The number of carbonyl (C=O) groups excluding carboxylic acids is 3. The first-order chi connectivity index (χ1) is 13.0. The first-order valence-electron chi connectivity index (χ1n) is 8.55. The number of halogens is 1. The van der Waals surface area contributed by atoms with E-state index in [1.807, 2.05) is 5.32 Å². The van der Waals surface area contributed by atoms with E-state index in [4.69, 9.17) is 16.3 Å². The lowest BCUT2D eigenvalue weighted by Gasteiger charge is -2.22. The summed E-state index contributed by atoms with van der Waals surface area (Å²) in [6.07, 6.45) is -1.30. The highest BCUT2D eigenvalue weighted by molar-refractivity contribution is 7.89. The van der Waals surface area contributed by atoms with Crippen molar-refractivity contribution >= 4 is 39.5 Å². The monoisotopic (exact) mass is 433 g/mol. The van der Waals surface area contributed by atoms with Gasteiger partial charge in [-0.05, 0) is 44.0 Å². The second-order valence-electron chi connectivity index (χ2n) is 6.22. The zero-order valence-electron chi connectivity index (χ0n) is 16.0. The zero-order valence-corrected chi connectivity index (χ0v) is 17.6. The van der Waals surface area contributed by atoms with Gasteiger partial charge >= 0.3 is 12.0 Å². The summed E-state index contributed by atoms with van der Waals surface area (Å²) in [6.45, 7) is 6.51. The minimum atomic E-state index is -4.02. The molecule has 0 heterocycles. The van der Waals surface area contributed by atoms with E-state index in [0.29, 0.717) is 11.6 Å². The van der Waals surface area contributed by atoms with Gasteiger partial charge in [-0.3, -0.25) is 14.9 Å². The molecule has 0 fully saturated rings. The number of nitrogens with one attached hydrogen (secondary N) is 3. The molecule has 0 saturated heterocycles. The van der Waals surface area contributed by atoms with Crippen LogP contribution in [0.25, 0.3) is 0 Å². The van der Waals surface area contributed by atoms with Gasteiger partial charge in [-0.15, -0.1) is 0 Å². The first-order valence-corrected chi connectivity index (χ1v) is 10.4. The Bertz CT molecular complexity index is 811. The minimum Gasteiger partial charge on any atom is -0.451 e. The van der Waals surface area contributed by atoms with Gasteiger partial charge in [0.15, 0.2) is 6.10 Å². The van der Waals surface area contributed by atoms with E-state index in [2.05, 4.69) is 10.0 Å². The molecule has 3 N–H and O–H groups in total. The molecule has 0 saturated carbocycles. The van der Waals surface area contributed by atoms with Crippen LogP contribution in [-0.2, 0) is 24.3 Å². The van der Waals surface area contributed by atoms with Crippen LogP contribution in [0.5, 0.6) is 0 Å². The van der Waals surface area contributed by atoms with Crippen molar-refractivity contribution in [3.63, 3.8) is 0 Å². The summed E-state index contributed by atoms with van der Waals surface area (Å²) in [6, 6.07) is 3.46. The molecule has 1 aromatic carbocycles. The SMILES string of the molecule is CCNC(=O)NC(=O)C(C)OC(=O)C(NS(=O)(=O)c1ccc(Cl)cc1)C(C)C. The quantitative estimate of drug-likeness (QED) is 0.531. The molecule has 0 aromatic heterocycles. The van der Waals surface area contributed by atoms with Gasteiger partial charge in [0.05, 0.1) is 4.90 Å². The molecule has 1 rings (SSSR count). The maximum atomic E-state index is 12.5. The van der Waals surface area contributed by atoms with Crippen molar-refractivity contribution in [2.75, 3.05) is 6.54 Å². The number of hydrogen-bond donors (Lipinski definition) is 3. The van der Waals surface area contributed by atoms with Crippen LogP contribution in [0.4, 0.5) is 4.79 Å². The molecule has 9 nitrogen and oxygen atoms in total. The summed E-state index contributed by atoms with van der Waals surface area (Å²) in [5, 5.41) is 4.75. The van der Waals surface area contributed by atoms with Gasteiger partial charge in [0, 0.05) is 11.6 Å². The van der Waals surface area contributed by atoms with Gasteiger partial charge in [-0.25, -0.2) is 13.2 Å². The number of benzene rings is 1. The third-order valence-corrected chi connectivity index (χ3v) is 5.27. The van der Waals surface area contributed by atoms with Gasteiger partial charge in [0.25, 0.3) is 5.91 Å². The third-order valence-electron chi connectivity index (χ3n) is 3.56. The number of hydrogen-bond acceptors (Lipinski definition) is 6. The topological polar surface area (TPSA) is 131 Å². The van der Waals surface area contributed by atoms with Gasteiger partial charge in [0.2, 0.25) is 10.0 Å². The number of amides is 3. The fourth-order valence-electron chi connectivity index (χ4n) is 2.02. The van der Waals surface area contributed by atoms with Crippen LogP contribution in [0.15, 0.2) is 29.2 Å². The molecule has 0 aliphatic heterocycles. The Morgan fingerprint density at radius 1 is 1.11 bits per heavy atom. The summed E-state index contributed by atoms with van der Waals surface area (Å²) in [4.78, 5) is 35.6. The van der Waals surface area contributed by atoms with Crippen LogP contribution >= 0.6 is 11.6 Å². The van der Waals surface area contributed by atoms with Crippen molar-refractivity contribution in [3.05, 3.63) is 29.3 Å². The summed E-state index contributed by atoms with van der Waals surface area (Å²) >= 11 is 5.76. The smallest absolute Gasteiger partial charge is 0.325 e. The molecule has 0 aliphatic carbocycles. The highest BCUT2D eigenvalue weighted by Gasteiger charge is 2.32. The number of carbonyl (C=O) groups is 3. The van der Waals surface area contributed by atoms with E-state index in [9.17, 15) is 22.8 Å². The summed E-state index contributed by atoms with van der Waals surface area (Å²) in [5.41, 5.74) is 0. The Kier molecular flexibility index (Phi) is 8.86. The fourth-order valence-corrected chi connectivity index (χ4v) is 3.48. The molecule has 0 aliphatic rings. The molecular weight excluding hydrogens is 410 g/mol. The highest BCUT2D eigenvalue weighted by atomic mass is 35.5. The van der Waals surface area contributed by atoms with E-state index >= 15 is 0 Å². The second-order valence-corrected chi connectivity index (χ2v) is 8.38.